The van der Waals surface area contributed by atoms with Crippen LogP contribution in [0, 0.1) is 5.92 Å². The predicted molar refractivity (Wildman–Crippen MR) is 130 cm³/mol. The van der Waals surface area contributed by atoms with Crippen molar-refractivity contribution in [1.82, 2.24) is 10.2 Å². The van der Waals surface area contributed by atoms with E-state index in [1.54, 1.807) is 12.1 Å². The van der Waals surface area contributed by atoms with Gasteiger partial charge in [0.2, 0.25) is 12.3 Å². The van der Waals surface area contributed by atoms with Gasteiger partial charge in [-0.2, -0.15) is 0 Å². The number of rotatable bonds is 13. The molecule has 5 N–H and O–H groups in total. The summed E-state index contributed by atoms with van der Waals surface area (Å²) >= 11 is 0. The first-order valence-electron chi connectivity index (χ1n) is 12.1. The maximum absolute atomic E-state index is 13.3. The summed E-state index contributed by atoms with van der Waals surface area (Å²) in [4.78, 5) is 62.4. The first kappa shape index (κ1) is 29.6. The van der Waals surface area contributed by atoms with Crippen LogP contribution in [0.15, 0.2) is 24.3 Å². The van der Waals surface area contributed by atoms with E-state index in [4.69, 9.17) is 15.2 Å². The molecule has 2 rings (SSSR count). The van der Waals surface area contributed by atoms with Gasteiger partial charge in [-0.25, -0.2) is 4.79 Å². The van der Waals surface area contributed by atoms with E-state index in [0.29, 0.717) is 18.4 Å². The molecule has 2 amide bonds. The molecule has 1 fully saturated rings. The molecule has 6 atom stereocenters. The zero-order chi connectivity index (χ0) is 27.7. The number of aromatic hydroxyl groups is 1. The average molecular weight is 522 g/mol. The van der Waals surface area contributed by atoms with Gasteiger partial charge in [-0.15, -0.1) is 0 Å². The average Bonchev–Trinajstić information content (AvgIpc) is 3.25. The number of aliphatic carboxylic acids is 1. The summed E-state index contributed by atoms with van der Waals surface area (Å²) in [5.41, 5.74) is 6.75. The fraction of sp³-hybridized carbons (Fsp3) is 0.560. The van der Waals surface area contributed by atoms with Crippen molar-refractivity contribution >= 4 is 30.2 Å². The number of phenolic OH excluding ortho intramolecular Hbond substituents is 1. The first-order chi connectivity index (χ1) is 17.5. The van der Waals surface area contributed by atoms with Crippen LogP contribution in [0.4, 0.5) is 0 Å². The van der Waals surface area contributed by atoms with Crippen LogP contribution in [-0.4, -0.2) is 82.2 Å². The number of carboxylic acids is 1. The number of carbonyl (C=O) groups is 5. The van der Waals surface area contributed by atoms with Gasteiger partial charge in [0.15, 0.2) is 0 Å². The van der Waals surface area contributed by atoms with Crippen LogP contribution >= 0.6 is 0 Å². The Bertz CT molecular complexity index is 969. The fourth-order valence-corrected chi connectivity index (χ4v) is 4.31. The van der Waals surface area contributed by atoms with Crippen LogP contribution < -0.4 is 11.1 Å². The van der Waals surface area contributed by atoms with E-state index < -0.39 is 60.6 Å². The van der Waals surface area contributed by atoms with Crippen LogP contribution in [0.5, 0.6) is 5.75 Å². The van der Waals surface area contributed by atoms with Gasteiger partial charge >= 0.3 is 17.9 Å². The Morgan fingerprint density at radius 2 is 1.89 bits per heavy atom. The summed E-state index contributed by atoms with van der Waals surface area (Å²) in [6.07, 6.45) is -1.83. The molecule has 0 bridgehead atoms. The van der Waals surface area contributed by atoms with E-state index >= 15 is 0 Å². The monoisotopic (exact) mass is 521 g/mol. The molecule has 0 radical (unpaired) electrons. The van der Waals surface area contributed by atoms with Crippen molar-refractivity contribution in [2.24, 2.45) is 11.7 Å². The third-order valence-electron chi connectivity index (χ3n) is 6.49. The number of carboxylic acid groups (broad SMARTS) is 1. The van der Waals surface area contributed by atoms with Gasteiger partial charge in [-0.1, -0.05) is 32.4 Å². The van der Waals surface area contributed by atoms with E-state index in [1.165, 1.54) is 24.0 Å². The lowest BCUT2D eigenvalue weighted by atomic mass is 9.97. The number of likely N-dealkylation sites (tertiary alicyclic amines) is 1. The Kier molecular flexibility index (Phi) is 10.9. The third kappa shape index (κ3) is 8.17. The molecule has 1 aliphatic rings. The second-order valence-electron chi connectivity index (χ2n) is 9.15. The lowest BCUT2D eigenvalue weighted by molar-refractivity contribution is -0.167. The molecular weight excluding hydrogens is 486 g/mol. The van der Waals surface area contributed by atoms with Crippen LogP contribution in [0.25, 0.3) is 0 Å². The molecule has 204 valence electrons. The second kappa shape index (κ2) is 13.6. The number of carbonyl (C=O) groups excluding carboxylic acids is 4. The maximum atomic E-state index is 13.3. The number of ether oxygens (including phenoxy) is 2. The van der Waals surface area contributed by atoms with Gasteiger partial charge in [0.05, 0.1) is 12.5 Å². The Morgan fingerprint density at radius 3 is 2.43 bits per heavy atom. The maximum Gasteiger partial charge on any atom is 0.329 e. The summed E-state index contributed by atoms with van der Waals surface area (Å²) in [6, 6.07) is 2.79. The van der Waals surface area contributed by atoms with E-state index in [-0.39, 0.29) is 31.1 Å². The fourth-order valence-electron chi connectivity index (χ4n) is 4.31. The lowest BCUT2D eigenvalue weighted by Gasteiger charge is -2.35. The molecule has 1 aromatic rings. The minimum atomic E-state index is -1.39. The number of benzene rings is 1. The molecule has 1 unspecified atom stereocenters. The Labute approximate surface area is 215 Å². The van der Waals surface area contributed by atoms with Crippen molar-refractivity contribution in [3.63, 3.8) is 0 Å². The van der Waals surface area contributed by atoms with E-state index in [0.717, 1.165) is 0 Å². The Hall–Kier alpha value is -3.67. The molecule has 1 heterocycles. The van der Waals surface area contributed by atoms with Gasteiger partial charge < -0.3 is 35.6 Å². The van der Waals surface area contributed by atoms with Gasteiger partial charge in [0, 0.05) is 26.3 Å². The van der Waals surface area contributed by atoms with Crippen LogP contribution in [-0.2, 0) is 39.9 Å². The molecule has 0 saturated carbocycles. The van der Waals surface area contributed by atoms with Gasteiger partial charge in [0.1, 0.15) is 30.0 Å². The zero-order valence-electron chi connectivity index (χ0n) is 21.2. The van der Waals surface area contributed by atoms with Crippen molar-refractivity contribution in [2.45, 2.75) is 76.8 Å². The van der Waals surface area contributed by atoms with Crippen molar-refractivity contribution in [2.75, 3.05) is 6.54 Å². The molecule has 1 aromatic carbocycles. The standard InChI is InChI=1S/C25H35N3O9/c1-4-14(2)22(26)24(34)28-10-9-19(36-15(3)30)23(28)20(12-21(32)33)37-25(35)18(27-13-29)11-16-5-7-17(31)8-6-16/h5-8,13-14,18-20,22-23,31H,4,9-12,26H2,1-3H3,(H,27,29)(H,32,33)/t14?,18-,19+,20-,22-,23-/m0/s1. The number of nitrogens with two attached hydrogens (primary N) is 1. The summed E-state index contributed by atoms with van der Waals surface area (Å²) in [7, 11) is 0. The molecule has 12 heteroatoms. The summed E-state index contributed by atoms with van der Waals surface area (Å²) in [5, 5.41) is 21.4. The molecule has 12 nitrogen and oxygen atoms in total. The highest BCUT2D eigenvalue weighted by molar-refractivity contribution is 5.83. The number of nitrogens with zero attached hydrogens (tertiary/aromatic N) is 1. The molecular formula is C25H35N3O9. The SMILES string of the molecule is CCC(C)[C@H](N)C(=O)N1CC[C@@H](OC(C)=O)[C@H]1[C@H](CC(=O)O)OC(=O)[C@H](Cc1ccc(O)cc1)NC=O. The summed E-state index contributed by atoms with van der Waals surface area (Å²) in [5.74, 6) is -3.49. The summed E-state index contributed by atoms with van der Waals surface area (Å²) in [6.45, 7) is 5.00. The highest BCUT2D eigenvalue weighted by Crippen LogP contribution is 2.29. The van der Waals surface area contributed by atoms with E-state index in [1.807, 2.05) is 13.8 Å². The zero-order valence-corrected chi connectivity index (χ0v) is 21.2. The minimum Gasteiger partial charge on any atom is -0.508 e. The molecule has 37 heavy (non-hydrogen) atoms. The van der Waals surface area contributed by atoms with Crippen LogP contribution in [0.2, 0.25) is 0 Å². The number of esters is 2. The Balaban J connectivity index is 2.36. The van der Waals surface area contributed by atoms with E-state index in [9.17, 15) is 34.2 Å². The normalized spacial score (nSPS) is 20.3. The largest absolute Gasteiger partial charge is 0.508 e. The minimum absolute atomic E-state index is 0.00276. The van der Waals surface area contributed by atoms with Crippen molar-refractivity contribution in [1.29, 1.82) is 0 Å². The molecule has 0 spiro atoms. The van der Waals surface area contributed by atoms with Crippen molar-refractivity contribution < 1.29 is 43.7 Å². The van der Waals surface area contributed by atoms with Gasteiger partial charge in [-0.05, 0) is 23.6 Å². The van der Waals surface area contributed by atoms with Crippen molar-refractivity contribution in [3.8, 4) is 5.75 Å². The highest BCUT2D eigenvalue weighted by atomic mass is 16.6. The van der Waals surface area contributed by atoms with E-state index in [2.05, 4.69) is 5.32 Å². The topological polar surface area (TPSA) is 186 Å². The molecule has 1 saturated heterocycles. The number of hydrogen-bond acceptors (Lipinski definition) is 9. The molecule has 0 aromatic heterocycles. The third-order valence-corrected chi connectivity index (χ3v) is 6.49. The van der Waals surface area contributed by atoms with Gasteiger partial charge in [0.25, 0.3) is 0 Å². The second-order valence-corrected chi connectivity index (χ2v) is 9.15. The predicted octanol–water partition coefficient (Wildman–Crippen LogP) is 0.342. The number of nitrogens with one attached hydrogen (secondary N) is 1. The smallest absolute Gasteiger partial charge is 0.329 e. The number of amides is 2. The van der Waals surface area contributed by atoms with Crippen molar-refractivity contribution in [3.05, 3.63) is 29.8 Å². The lowest BCUT2D eigenvalue weighted by Crippen LogP contribution is -2.56. The Morgan fingerprint density at radius 1 is 1.24 bits per heavy atom. The summed E-state index contributed by atoms with van der Waals surface area (Å²) < 4.78 is 11.0. The highest BCUT2D eigenvalue weighted by Gasteiger charge is 2.48. The van der Waals surface area contributed by atoms with Crippen LogP contribution in [0.1, 0.15) is 45.6 Å². The molecule has 0 aliphatic carbocycles. The first-order valence-corrected chi connectivity index (χ1v) is 12.1. The van der Waals surface area contributed by atoms with Crippen LogP contribution in [0.3, 0.4) is 0 Å². The number of phenols is 1. The number of hydrogen-bond donors (Lipinski definition) is 4. The quantitative estimate of drug-likeness (QED) is 0.208. The molecule has 1 aliphatic heterocycles. The van der Waals surface area contributed by atoms with Gasteiger partial charge in [-0.3, -0.25) is 19.2 Å².